The van der Waals surface area contributed by atoms with E-state index in [1.54, 1.807) is 0 Å². The van der Waals surface area contributed by atoms with Crippen LogP contribution in [0.2, 0.25) is 0 Å². The third-order valence-corrected chi connectivity index (χ3v) is 4.66. The van der Waals surface area contributed by atoms with Crippen LogP contribution in [0.25, 0.3) is 0 Å². The molecular weight excluding hydrogens is 264 g/mol. The van der Waals surface area contributed by atoms with Gasteiger partial charge in [0.05, 0.1) is 0 Å². The second-order valence-electron chi connectivity index (χ2n) is 6.62. The van der Waals surface area contributed by atoms with Crippen molar-refractivity contribution in [3.05, 3.63) is 0 Å². The van der Waals surface area contributed by atoms with E-state index in [2.05, 4.69) is 11.8 Å². The van der Waals surface area contributed by atoms with Gasteiger partial charge in [-0.05, 0) is 51.1 Å². The van der Waals surface area contributed by atoms with Gasteiger partial charge in [-0.3, -0.25) is 4.79 Å². The zero-order valence-corrected chi connectivity index (χ0v) is 13.7. The summed E-state index contributed by atoms with van der Waals surface area (Å²) in [5.74, 6) is 0.844. The Balaban J connectivity index is 1.73. The molecule has 1 amide bonds. The topological polar surface area (TPSA) is 32.8 Å². The van der Waals surface area contributed by atoms with E-state index in [4.69, 9.17) is 4.74 Å². The summed E-state index contributed by atoms with van der Waals surface area (Å²) in [5.41, 5.74) is 0. The first-order chi connectivity index (χ1) is 10.3. The van der Waals surface area contributed by atoms with Gasteiger partial charge >= 0.3 is 0 Å². The van der Waals surface area contributed by atoms with E-state index in [0.717, 1.165) is 25.9 Å². The number of hydrogen-bond acceptors (Lipinski definition) is 3. The molecule has 0 spiro atoms. The summed E-state index contributed by atoms with van der Waals surface area (Å²) in [7, 11) is 0. The Hall–Kier alpha value is -0.610. The molecule has 2 heterocycles. The molecule has 122 valence electrons. The Morgan fingerprint density at radius 2 is 1.86 bits per heavy atom. The van der Waals surface area contributed by atoms with Crippen LogP contribution in [0.15, 0.2) is 0 Å². The second-order valence-corrected chi connectivity index (χ2v) is 6.62. The zero-order valence-electron chi connectivity index (χ0n) is 13.7. The van der Waals surface area contributed by atoms with Crippen LogP contribution >= 0.6 is 0 Å². The number of nitrogens with zero attached hydrogens (tertiary/aromatic N) is 2. The maximum absolute atomic E-state index is 12.2. The highest BCUT2D eigenvalue weighted by molar-refractivity contribution is 5.77. The molecule has 0 aromatic carbocycles. The lowest BCUT2D eigenvalue weighted by Crippen LogP contribution is -2.45. The number of amides is 1. The summed E-state index contributed by atoms with van der Waals surface area (Å²) in [6, 6.07) is 0. The highest BCUT2D eigenvalue weighted by atomic mass is 16.5. The Bertz CT molecular complexity index is 301. The highest BCUT2D eigenvalue weighted by Gasteiger charge is 2.25. The Labute approximate surface area is 129 Å². The van der Waals surface area contributed by atoms with E-state index in [1.807, 2.05) is 4.90 Å². The highest BCUT2D eigenvalue weighted by Crippen LogP contribution is 2.20. The molecule has 2 fully saturated rings. The first kappa shape index (κ1) is 16.8. The molecule has 0 aromatic rings. The van der Waals surface area contributed by atoms with Crippen molar-refractivity contribution >= 4 is 5.91 Å². The van der Waals surface area contributed by atoms with Gasteiger partial charge in [-0.1, -0.05) is 19.8 Å². The van der Waals surface area contributed by atoms with Gasteiger partial charge in [0.15, 0.2) is 0 Å². The number of ether oxygens (including phenoxy) is 1. The monoisotopic (exact) mass is 296 g/mol. The predicted octanol–water partition coefficient (Wildman–Crippen LogP) is 2.53. The van der Waals surface area contributed by atoms with Crippen LogP contribution in [0.4, 0.5) is 0 Å². The lowest BCUT2D eigenvalue weighted by atomic mass is 9.97. The van der Waals surface area contributed by atoms with Crippen LogP contribution in [0.5, 0.6) is 0 Å². The van der Waals surface area contributed by atoms with E-state index in [9.17, 15) is 4.79 Å². The van der Waals surface area contributed by atoms with Crippen molar-refractivity contribution in [2.75, 3.05) is 45.9 Å². The first-order valence-corrected chi connectivity index (χ1v) is 8.87. The molecule has 21 heavy (non-hydrogen) atoms. The van der Waals surface area contributed by atoms with Gasteiger partial charge in [-0.15, -0.1) is 0 Å². The minimum Gasteiger partial charge on any atom is -0.372 e. The van der Waals surface area contributed by atoms with E-state index in [0.29, 0.717) is 12.5 Å². The van der Waals surface area contributed by atoms with Crippen molar-refractivity contribution < 1.29 is 9.53 Å². The molecule has 0 aromatic heterocycles. The van der Waals surface area contributed by atoms with Crippen LogP contribution in [-0.4, -0.2) is 61.6 Å². The van der Waals surface area contributed by atoms with Crippen LogP contribution in [0.1, 0.15) is 51.9 Å². The van der Waals surface area contributed by atoms with Gasteiger partial charge in [-0.25, -0.2) is 0 Å². The second kappa shape index (κ2) is 9.42. The molecule has 0 saturated carbocycles. The summed E-state index contributed by atoms with van der Waals surface area (Å²) < 4.78 is 5.40. The SMILES string of the molecule is CCCOCC(=O)N1CCC[C@H](CN2CCCCCC2)C1. The number of carbonyl (C=O) groups is 1. The summed E-state index contributed by atoms with van der Waals surface area (Å²) in [4.78, 5) is 16.8. The Morgan fingerprint density at radius 1 is 1.10 bits per heavy atom. The third-order valence-electron chi connectivity index (χ3n) is 4.66. The standard InChI is InChI=1S/C17H32N2O2/c1-2-12-21-15-17(20)19-11-7-8-16(14-19)13-18-9-5-3-4-6-10-18/h16H,2-15H2,1H3/t16-/m1/s1. The van der Waals surface area contributed by atoms with E-state index in [1.165, 1.54) is 51.7 Å². The lowest BCUT2D eigenvalue weighted by Gasteiger charge is -2.35. The summed E-state index contributed by atoms with van der Waals surface area (Å²) >= 11 is 0. The van der Waals surface area contributed by atoms with Crippen molar-refractivity contribution in [1.82, 2.24) is 9.80 Å². The maximum atomic E-state index is 12.2. The van der Waals surface area contributed by atoms with Crippen LogP contribution in [0, 0.1) is 5.92 Å². The van der Waals surface area contributed by atoms with Gasteiger partial charge in [0.1, 0.15) is 6.61 Å². The number of rotatable bonds is 6. The summed E-state index contributed by atoms with van der Waals surface area (Å²) in [5, 5.41) is 0. The fraction of sp³-hybridized carbons (Fsp3) is 0.941. The average molecular weight is 296 g/mol. The molecule has 2 aliphatic heterocycles. The summed E-state index contributed by atoms with van der Waals surface area (Å²) in [6.45, 7) is 8.58. The van der Waals surface area contributed by atoms with E-state index >= 15 is 0 Å². The molecule has 4 nitrogen and oxygen atoms in total. The fourth-order valence-corrected chi connectivity index (χ4v) is 3.52. The molecular formula is C17H32N2O2. The van der Waals surface area contributed by atoms with Crippen molar-refractivity contribution in [1.29, 1.82) is 0 Å². The molecule has 0 radical (unpaired) electrons. The maximum Gasteiger partial charge on any atom is 0.248 e. The van der Waals surface area contributed by atoms with Gasteiger partial charge in [0, 0.05) is 26.2 Å². The molecule has 2 saturated heterocycles. The minimum absolute atomic E-state index is 0.184. The first-order valence-electron chi connectivity index (χ1n) is 8.87. The molecule has 1 atom stereocenters. The largest absolute Gasteiger partial charge is 0.372 e. The molecule has 0 N–H and O–H groups in total. The van der Waals surface area contributed by atoms with Gasteiger partial charge in [0.25, 0.3) is 0 Å². The average Bonchev–Trinajstić information content (AvgIpc) is 2.76. The lowest BCUT2D eigenvalue weighted by molar-refractivity contribution is -0.138. The normalized spacial score (nSPS) is 24.8. The van der Waals surface area contributed by atoms with Crippen molar-refractivity contribution in [3.8, 4) is 0 Å². The molecule has 0 bridgehead atoms. The van der Waals surface area contributed by atoms with Crippen LogP contribution in [0.3, 0.4) is 0 Å². The predicted molar refractivity (Wildman–Crippen MR) is 85.3 cm³/mol. The Morgan fingerprint density at radius 3 is 2.57 bits per heavy atom. The molecule has 4 heteroatoms. The molecule has 0 unspecified atom stereocenters. The zero-order chi connectivity index (χ0) is 14.9. The van der Waals surface area contributed by atoms with E-state index < -0.39 is 0 Å². The molecule has 2 aliphatic rings. The van der Waals surface area contributed by atoms with Crippen LogP contribution < -0.4 is 0 Å². The summed E-state index contributed by atoms with van der Waals surface area (Å²) in [6.07, 6.45) is 8.88. The van der Waals surface area contributed by atoms with Crippen LogP contribution in [-0.2, 0) is 9.53 Å². The molecule has 0 aliphatic carbocycles. The Kier molecular flexibility index (Phi) is 7.51. The van der Waals surface area contributed by atoms with E-state index in [-0.39, 0.29) is 12.5 Å². The number of hydrogen-bond donors (Lipinski definition) is 0. The molecule has 2 rings (SSSR count). The fourth-order valence-electron chi connectivity index (χ4n) is 3.52. The number of piperidine rings is 1. The third kappa shape index (κ3) is 5.95. The van der Waals surface area contributed by atoms with Crippen molar-refractivity contribution in [2.45, 2.75) is 51.9 Å². The number of carbonyl (C=O) groups excluding carboxylic acids is 1. The quantitative estimate of drug-likeness (QED) is 0.706. The number of likely N-dealkylation sites (tertiary alicyclic amines) is 2. The van der Waals surface area contributed by atoms with Gasteiger partial charge in [-0.2, -0.15) is 0 Å². The van der Waals surface area contributed by atoms with Gasteiger partial charge < -0.3 is 14.5 Å². The minimum atomic E-state index is 0.184. The van der Waals surface area contributed by atoms with Crippen molar-refractivity contribution in [2.24, 2.45) is 5.92 Å². The smallest absolute Gasteiger partial charge is 0.248 e. The van der Waals surface area contributed by atoms with Crippen molar-refractivity contribution in [3.63, 3.8) is 0 Å². The van der Waals surface area contributed by atoms with Gasteiger partial charge in [0.2, 0.25) is 5.91 Å².